The molecule has 2 heterocycles. The van der Waals surface area contributed by atoms with E-state index in [1.54, 1.807) is 19.4 Å². The topological polar surface area (TPSA) is 68.7 Å². The number of hydrogen-bond acceptors (Lipinski definition) is 4. The highest BCUT2D eigenvalue weighted by molar-refractivity contribution is 5.64. The molecule has 0 fully saturated rings. The van der Waals surface area contributed by atoms with Gasteiger partial charge in [-0.15, -0.1) is 0 Å². The number of fused-ring (bicyclic) bond motifs is 1. The largest absolute Gasteiger partial charge is 0.465 e. The monoisotopic (exact) mass is 298 g/mol. The van der Waals surface area contributed by atoms with Crippen LogP contribution in [0.3, 0.4) is 0 Å². The summed E-state index contributed by atoms with van der Waals surface area (Å²) in [5.74, 6) is 0. The van der Waals surface area contributed by atoms with Gasteiger partial charge < -0.3 is 15.4 Å². The number of nitrogens with zero attached hydrogens (tertiary/aromatic N) is 3. The Morgan fingerprint density at radius 1 is 1.32 bits per heavy atom. The molecule has 2 aromatic rings. The zero-order valence-electron chi connectivity index (χ0n) is 12.4. The summed E-state index contributed by atoms with van der Waals surface area (Å²) >= 11 is 0. The summed E-state index contributed by atoms with van der Waals surface area (Å²) < 4.78 is 0. The maximum absolute atomic E-state index is 11.0. The van der Waals surface area contributed by atoms with Crippen molar-refractivity contribution < 1.29 is 9.90 Å². The molecule has 1 aromatic heterocycles. The van der Waals surface area contributed by atoms with Crippen molar-refractivity contribution in [3.8, 4) is 0 Å². The normalized spacial score (nSPS) is 13.7. The highest BCUT2D eigenvalue weighted by Gasteiger charge is 2.22. The molecule has 0 unspecified atom stereocenters. The lowest BCUT2D eigenvalue weighted by molar-refractivity contribution is 0.153. The second kappa shape index (κ2) is 6.03. The number of amides is 1. The molecule has 0 spiro atoms. The Morgan fingerprint density at radius 3 is 2.82 bits per heavy atom. The first kappa shape index (κ1) is 14.3. The van der Waals surface area contributed by atoms with Gasteiger partial charge >= 0.3 is 6.09 Å². The number of nitrogens with one attached hydrogen (secondary N) is 1. The van der Waals surface area contributed by atoms with E-state index in [0.717, 1.165) is 24.3 Å². The predicted molar refractivity (Wildman–Crippen MR) is 83.0 cm³/mol. The Bertz CT molecular complexity index is 675. The lowest BCUT2D eigenvalue weighted by Crippen LogP contribution is -2.25. The number of aromatic nitrogens is 1. The van der Waals surface area contributed by atoms with Crippen LogP contribution < -0.4 is 5.43 Å². The molecule has 0 saturated heterocycles. The van der Waals surface area contributed by atoms with Crippen molar-refractivity contribution in [1.82, 2.24) is 14.9 Å². The zero-order valence-corrected chi connectivity index (χ0v) is 12.4. The standard InChI is InChI=1S/C16H18N4O2/c1-19(16(21)22)9-12-3-2-4-13-10-20(11-15(12)13)18-14-5-7-17-8-6-14/h2-8H,9-11H2,1H3,(H,17,18)(H,21,22). The molecule has 0 radical (unpaired) electrons. The van der Waals surface area contributed by atoms with Crippen LogP contribution in [0, 0.1) is 0 Å². The molecule has 6 heteroatoms. The van der Waals surface area contributed by atoms with Gasteiger partial charge in [-0.05, 0) is 28.8 Å². The fourth-order valence-corrected chi connectivity index (χ4v) is 2.65. The van der Waals surface area contributed by atoms with E-state index >= 15 is 0 Å². The molecule has 1 aliphatic heterocycles. The quantitative estimate of drug-likeness (QED) is 0.908. The second-order valence-corrected chi connectivity index (χ2v) is 5.40. The number of carbonyl (C=O) groups is 1. The molecule has 22 heavy (non-hydrogen) atoms. The van der Waals surface area contributed by atoms with E-state index in [-0.39, 0.29) is 0 Å². The van der Waals surface area contributed by atoms with Gasteiger partial charge in [-0.25, -0.2) is 9.80 Å². The van der Waals surface area contributed by atoms with E-state index in [0.29, 0.717) is 6.54 Å². The molecule has 0 saturated carbocycles. The third-order valence-electron chi connectivity index (χ3n) is 3.78. The van der Waals surface area contributed by atoms with E-state index in [9.17, 15) is 4.79 Å². The van der Waals surface area contributed by atoms with Crippen molar-refractivity contribution in [2.45, 2.75) is 19.6 Å². The van der Waals surface area contributed by atoms with Crippen LogP contribution in [0.25, 0.3) is 0 Å². The molecular weight excluding hydrogens is 280 g/mol. The van der Waals surface area contributed by atoms with Gasteiger partial charge in [0.15, 0.2) is 0 Å². The van der Waals surface area contributed by atoms with Gasteiger partial charge in [0, 0.05) is 39.1 Å². The molecule has 0 bridgehead atoms. The van der Waals surface area contributed by atoms with Crippen LogP contribution in [-0.2, 0) is 19.6 Å². The van der Waals surface area contributed by atoms with E-state index < -0.39 is 6.09 Å². The summed E-state index contributed by atoms with van der Waals surface area (Å²) in [6.45, 7) is 1.95. The number of hydrogen-bond donors (Lipinski definition) is 2. The average molecular weight is 298 g/mol. The molecule has 1 aliphatic rings. The minimum atomic E-state index is -0.914. The number of benzene rings is 1. The van der Waals surface area contributed by atoms with Crippen molar-refractivity contribution in [3.63, 3.8) is 0 Å². The molecule has 3 rings (SSSR count). The first-order valence-corrected chi connectivity index (χ1v) is 7.09. The van der Waals surface area contributed by atoms with Crippen molar-refractivity contribution in [2.75, 3.05) is 12.5 Å². The Kier molecular flexibility index (Phi) is 3.93. The van der Waals surface area contributed by atoms with Crippen molar-refractivity contribution in [3.05, 3.63) is 59.4 Å². The van der Waals surface area contributed by atoms with Crippen LogP contribution in [-0.4, -0.2) is 33.1 Å². The Labute approximate surface area is 129 Å². The van der Waals surface area contributed by atoms with Crippen LogP contribution in [0.4, 0.5) is 10.5 Å². The average Bonchev–Trinajstić information content (AvgIpc) is 2.91. The molecule has 2 N–H and O–H groups in total. The highest BCUT2D eigenvalue weighted by Crippen LogP contribution is 2.27. The number of rotatable bonds is 4. The van der Waals surface area contributed by atoms with Gasteiger partial charge in [-0.1, -0.05) is 18.2 Å². The molecule has 1 amide bonds. The second-order valence-electron chi connectivity index (χ2n) is 5.40. The summed E-state index contributed by atoms with van der Waals surface area (Å²) in [6.07, 6.45) is 2.58. The van der Waals surface area contributed by atoms with Crippen LogP contribution in [0.2, 0.25) is 0 Å². The summed E-state index contributed by atoms with van der Waals surface area (Å²) in [4.78, 5) is 16.3. The predicted octanol–water partition coefficient (Wildman–Crippen LogP) is 2.53. The van der Waals surface area contributed by atoms with Crippen LogP contribution in [0.15, 0.2) is 42.7 Å². The minimum absolute atomic E-state index is 0.404. The van der Waals surface area contributed by atoms with Crippen molar-refractivity contribution in [1.29, 1.82) is 0 Å². The Hall–Kier alpha value is -2.60. The molecule has 0 aliphatic carbocycles. The van der Waals surface area contributed by atoms with Crippen LogP contribution in [0.1, 0.15) is 16.7 Å². The zero-order chi connectivity index (χ0) is 15.5. The maximum Gasteiger partial charge on any atom is 0.407 e. The first-order chi connectivity index (χ1) is 10.6. The highest BCUT2D eigenvalue weighted by atomic mass is 16.4. The van der Waals surface area contributed by atoms with E-state index in [1.165, 1.54) is 16.0 Å². The molecule has 1 aromatic carbocycles. The van der Waals surface area contributed by atoms with E-state index in [4.69, 9.17) is 5.11 Å². The lowest BCUT2D eigenvalue weighted by atomic mass is 10.0. The number of pyridine rings is 1. The summed E-state index contributed by atoms with van der Waals surface area (Å²) in [6, 6.07) is 9.91. The SMILES string of the molecule is CN(Cc1cccc2c1CN(Nc1ccncc1)C2)C(=O)O. The smallest absolute Gasteiger partial charge is 0.407 e. The lowest BCUT2D eigenvalue weighted by Gasteiger charge is -2.18. The van der Waals surface area contributed by atoms with Gasteiger partial charge in [0.2, 0.25) is 0 Å². The van der Waals surface area contributed by atoms with E-state index in [2.05, 4.69) is 21.5 Å². The fraction of sp³-hybridized carbons (Fsp3) is 0.250. The third kappa shape index (κ3) is 3.01. The third-order valence-corrected chi connectivity index (χ3v) is 3.78. The van der Waals surface area contributed by atoms with Crippen LogP contribution >= 0.6 is 0 Å². The van der Waals surface area contributed by atoms with Crippen LogP contribution in [0.5, 0.6) is 0 Å². The van der Waals surface area contributed by atoms with Gasteiger partial charge in [0.05, 0.1) is 5.69 Å². The van der Waals surface area contributed by atoms with Crippen molar-refractivity contribution >= 4 is 11.8 Å². The van der Waals surface area contributed by atoms with Gasteiger partial charge in [0.1, 0.15) is 0 Å². The Balaban J connectivity index is 1.74. The van der Waals surface area contributed by atoms with Gasteiger partial charge in [-0.3, -0.25) is 4.98 Å². The molecular formula is C16H18N4O2. The van der Waals surface area contributed by atoms with Gasteiger partial charge in [0.25, 0.3) is 0 Å². The Morgan fingerprint density at radius 2 is 2.09 bits per heavy atom. The summed E-state index contributed by atoms with van der Waals surface area (Å²) in [5, 5.41) is 11.2. The number of hydrazine groups is 1. The molecule has 6 nitrogen and oxygen atoms in total. The fourth-order valence-electron chi connectivity index (χ4n) is 2.65. The van der Waals surface area contributed by atoms with Gasteiger partial charge in [-0.2, -0.15) is 0 Å². The number of carboxylic acid groups (broad SMARTS) is 1. The number of anilines is 1. The van der Waals surface area contributed by atoms with Crippen molar-refractivity contribution in [2.24, 2.45) is 0 Å². The maximum atomic E-state index is 11.0. The summed E-state index contributed by atoms with van der Waals surface area (Å²) in [7, 11) is 1.59. The van der Waals surface area contributed by atoms with E-state index in [1.807, 2.05) is 24.3 Å². The minimum Gasteiger partial charge on any atom is -0.465 e. The molecule has 114 valence electrons. The molecule has 0 atom stereocenters. The summed E-state index contributed by atoms with van der Waals surface area (Å²) in [5.41, 5.74) is 7.84. The first-order valence-electron chi connectivity index (χ1n) is 7.09.